The summed E-state index contributed by atoms with van der Waals surface area (Å²) in [5, 5.41) is 31.1. The van der Waals surface area contributed by atoms with Crippen molar-refractivity contribution in [2.45, 2.75) is 115 Å². The SMILES string of the molecule is C=CC1C2=NC(=C1C)CC1NC(CC3NC(CC4NC(C2)C(C)C4CCC(=O)O)C(CCC(=O)O)C3C)C(C)C1C=C. The number of hydrogen-bond acceptors (Lipinski definition) is 6. The van der Waals surface area contributed by atoms with Crippen molar-refractivity contribution in [1.82, 2.24) is 16.0 Å². The highest BCUT2D eigenvalue weighted by molar-refractivity contribution is 5.94. The summed E-state index contributed by atoms with van der Waals surface area (Å²) >= 11 is 0. The van der Waals surface area contributed by atoms with E-state index in [4.69, 9.17) is 4.99 Å². The molecule has 3 saturated heterocycles. The molecule has 5 rings (SSSR count). The van der Waals surface area contributed by atoms with Gasteiger partial charge in [-0.05, 0) is 73.7 Å². The predicted molar refractivity (Wildman–Crippen MR) is 166 cm³/mol. The summed E-state index contributed by atoms with van der Waals surface area (Å²) in [5.74, 6) is 0.600. The molecule has 13 atom stereocenters. The summed E-state index contributed by atoms with van der Waals surface area (Å²) < 4.78 is 0. The Balaban J connectivity index is 1.50. The van der Waals surface area contributed by atoms with E-state index in [-0.39, 0.29) is 54.8 Å². The van der Waals surface area contributed by atoms with Gasteiger partial charge in [-0.1, -0.05) is 32.9 Å². The summed E-state index contributed by atoms with van der Waals surface area (Å²) in [6, 6.07) is 1.47. The van der Waals surface area contributed by atoms with E-state index in [2.05, 4.69) is 62.9 Å². The molecule has 8 nitrogen and oxygen atoms in total. The molecule has 8 bridgehead atoms. The molecule has 42 heavy (non-hydrogen) atoms. The van der Waals surface area contributed by atoms with Gasteiger partial charge in [0.1, 0.15) is 0 Å². The predicted octanol–water partition coefficient (Wildman–Crippen LogP) is 4.78. The summed E-state index contributed by atoms with van der Waals surface area (Å²) in [5.41, 5.74) is 3.63. The average molecular weight is 581 g/mol. The minimum Gasteiger partial charge on any atom is -0.481 e. The molecule has 232 valence electrons. The number of hydrogen-bond donors (Lipinski definition) is 5. The second-order valence-electron chi connectivity index (χ2n) is 14.0. The van der Waals surface area contributed by atoms with Crippen molar-refractivity contribution in [3.05, 3.63) is 36.6 Å². The van der Waals surface area contributed by atoms with Gasteiger partial charge in [-0.2, -0.15) is 0 Å². The first-order chi connectivity index (χ1) is 20.0. The van der Waals surface area contributed by atoms with Gasteiger partial charge in [-0.25, -0.2) is 0 Å². The fourth-order valence-electron chi connectivity index (χ4n) is 9.41. The van der Waals surface area contributed by atoms with Gasteiger partial charge >= 0.3 is 11.9 Å². The number of carboxylic acids is 2. The minimum atomic E-state index is -0.749. The van der Waals surface area contributed by atoms with Gasteiger partial charge in [0.25, 0.3) is 0 Å². The van der Waals surface area contributed by atoms with E-state index < -0.39 is 11.9 Å². The molecule has 0 aliphatic carbocycles. The fraction of sp³-hybridized carbons (Fsp3) is 0.735. The summed E-state index contributed by atoms with van der Waals surface area (Å²) in [7, 11) is 0. The molecule has 0 aromatic rings. The maximum Gasteiger partial charge on any atom is 0.303 e. The molecule has 0 aromatic heterocycles. The Hall–Kier alpha value is -2.29. The van der Waals surface area contributed by atoms with Crippen molar-refractivity contribution in [2.75, 3.05) is 0 Å². The quantitative estimate of drug-likeness (QED) is 0.262. The zero-order valence-corrected chi connectivity index (χ0v) is 25.9. The number of nitrogens with zero attached hydrogens (tertiary/aromatic N) is 1. The van der Waals surface area contributed by atoms with Gasteiger partial charge in [0.2, 0.25) is 0 Å². The van der Waals surface area contributed by atoms with E-state index in [1.807, 2.05) is 6.08 Å². The molecule has 0 aromatic carbocycles. The summed E-state index contributed by atoms with van der Waals surface area (Å²) in [6.07, 6.45) is 9.36. The number of aliphatic imine (C=N–C) groups is 1. The van der Waals surface area contributed by atoms with Crippen LogP contribution in [-0.2, 0) is 9.59 Å². The lowest BCUT2D eigenvalue weighted by atomic mass is 9.77. The van der Waals surface area contributed by atoms with Gasteiger partial charge in [0, 0.05) is 79.3 Å². The van der Waals surface area contributed by atoms with E-state index in [1.165, 1.54) is 11.3 Å². The van der Waals surface area contributed by atoms with Gasteiger partial charge < -0.3 is 26.2 Å². The third kappa shape index (κ3) is 6.04. The highest BCUT2D eigenvalue weighted by Gasteiger charge is 2.49. The molecule has 0 spiro atoms. The van der Waals surface area contributed by atoms with Crippen molar-refractivity contribution >= 4 is 17.7 Å². The first-order valence-corrected chi connectivity index (χ1v) is 16.3. The maximum absolute atomic E-state index is 11.6. The van der Waals surface area contributed by atoms with Crippen LogP contribution in [0.5, 0.6) is 0 Å². The van der Waals surface area contributed by atoms with Crippen molar-refractivity contribution in [3.8, 4) is 0 Å². The second-order valence-corrected chi connectivity index (χ2v) is 14.0. The molecule has 0 saturated carbocycles. The Bertz CT molecular complexity index is 1130. The summed E-state index contributed by atoms with van der Waals surface area (Å²) in [4.78, 5) is 28.5. The molecule has 0 radical (unpaired) electrons. The van der Waals surface area contributed by atoms with Crippen molar-refractivity contribution in [2.24, 2.45) is 46.4 Å². The third-order valence-corrected chi connectivity index (χ3v) is 12.0. The maximum atomic E-state index is 11.6. The highest BCUT2D eigenvalue weighted by Crippen LogP contribution is 2.44. The van der Waals surface area contributed by atoms with Crippen molar-refractivity contribution < 1.29 is 19.8 Å². The van der Waals surface area contributed by atoms with Gasteiger partial charge in [-0.15, -0.1) is 13.2 Å². The standard InChI is InChI=1S/C34H52N4O4/c1-7-21-17(3)25-13-26-19(5)23(9-11-33(39)40)31(37-26)16-32-24(10-12-34(41)42)20(6)28(38-32)15-30-22(8-2)18(4)27(36-30)14-29(21)35-25/h7-8,17,19-26,28-29,31-32,35,37-38H,1-2,9-16H2,3-6H3,(H,39,40)(H,41,42). The highest BCUT2D eigenvalue weighted by atomic mass is 16.4. The molecule has 5 aliphatic heterocycles. The van der Waals surface area contributed by atoms with Crippen molar-refractivity contribution in [1.29, 1.82) is 0 Å². The average Bonchev–Trinajstić information content (AvgIpc) is 3.59. The van der Waals surface area contributed by atoms with Gasteiger partial charge in [0.15, 0.2) is 0 Å². The van der Waals surface area contributed by atoms with Crippen LogP contribution in [0.2, 0.25) is 0 Å². The van der Waals surface area contributed by atoms with E-state index in [0.717, 1.165) is 31.4 Å². The van der Waals surface area contributed by atoms with Crippen LogP contribution in [0.3, 0.4) is 0 Å². The Morgan fingerprint density at radius 1 is 0.786 bits per heavy atom. The Morgan fingerprint density at radius 3 is 1.88 bits per heavy atom. The van der Waals surface area contributed by atoms with Crippen LogP contribution in [0, 0.1) is 41.4 Å². The molecule has 8 heteroatoms. The van der Waals surface area contributed by atoms with Crippen LogP contribution in [0.1, 0.15) is 79.1 Å². The van der Waals surface area contributed by atoms with E-state index in [1.54, 1.807) is 0 Å². The van der Waals surface area contributed by atoms with Crippen LogP contribution in [-0.4, -0.2) is 64.1 Å². The van der Waals surface area contributed by atoms with Crippen LogP contribution < -0.4 is 16.0 Å². The van der Waals surface area contributed by atoms with Crippen LogP contribution in [0.25, 0.3) is 0 Å². The first kappa shape index (κ1) is 31.1. The van der Waals surface area contributed by atoms with E-state index in [0.29, 0.717) is 48.6 Å². The van der Waals surface area contributed by atoms with Crippen LogP contribution >= 0.6 is 0 Å². The lowest BCUT2D eigenvalue weighted by Crippen LogP contribution is -2.43. The molecule has 0 amide bonds. The largest absolute Gasteiger partial charge is 0.481 e. The Morgan fingerprint density at radius 2 is 1.31 bits per heavy atom. The second kappa shape index (κ2) is 12.7. The zero-order chi connectivity index (χ0) is 30.3. The molecule has 13 unspecified atom stereocenters. The number of rotatable bonds is 8. The monoisotopic (exact) mass is 580 g/mol. The smallest absolute Gasteiger partial charge is 0.303 e. The fourth-order valence-corrected chi connectivity index (χ4v) is 9.41. The normalized spacial score (nSPS) is 43.3. The number of aliphatic carboxylic acids is 2. The van der Waals surface area contributed by atoms with E-state index >= 15 is 0 Å². The number of nitrogens with one attached hydrogen (secondary N) is 3. The molecule has 5 N–H and O–H groups in total. The number of carboxylic acid groups (broad SMARTS) is 2. The lowest BCUT2D eigenvalue weighted by molar-refractivity contribution is -0.138. The lowest BCUT2D eigenvalue weighted by Gasteiger charge is -2.28. The van der Waals surface area contributed by atoms with Crippen LogP contribution in [0.4, 0.5) is 0 Å². The Labute approximate surface area is 251 Å². The molecule has 5 heterocycles. The van der Waals surface area contributed by atoms with Gasteiger partial charge in [0.05, 0.1) is 0 Å². The van der Waals surface area contributed by atoms with Gasteiger partial charge in [-0.3, -0.25) is 14.6 Å². The molecular weight excluding hydrogens is 528 g/mol. The first-order valence-electron chi connectivity index (χ1n) is 16.3. The number of fused-ring (bicyclic) bond motifs is 7. The summed E-state index contributed by atoms with van der Waals surface area (Å²) in [6.45, 7) is 17.5. The minimum absolute atomic E-state index is 0.136. The molecule has 5 aliphatic rings. The molecular formula is C34H52N4O4. The third-order valence-electron chi connectivity index (χ3n) is 12.0. The van der Waals surface area contributed by atoms with E-state index in [9.17, 15) is 19.8 Å². The molecule has 3 fully saturated rings. The zero-order valence-electron chi connectivity index (χ0n) is 25.9. The Kier molecular flexibility index (Phi) is 9.45. The number of carbonyl (C=O) groups is 2. The van der Waals surface area contributed by atoms with Crippen LogP contribution in [0.15, 0.2) is 41.6 Å². The number of allylic oxidation sites excluding steroid dienone is 2. The van der Waals surface area contributed by atoms with Crippen molar-refractivity contribution in [3.63, 3.8) is 0 Å². The topological polar surface area (TPSA) is 123 Å².